The van der Waals surface area contributed by atoms with E-state index in [-0.39, 0.29) is 17.7 Å². The lowest BCUT2D eigenvalue weighted by Gasteiger charge is -2.41. The summed E-state index contributed by atoms with van der Waals surface area (Å²) in [6.45, 7) is 3.83. The molecule has 5 rings (SSSR count). The van der Waals surface area contributed by atoms with Crippen molar-refractivity contribution < 1.29 is 22.7 Å². The summed E-state index contributed by atoms with van der Waals surface area (Å²) < 4.78 is 45.7. The number of nitrogens with zero attached hydrogens (tertiary/aromatic N) is 3. The molecular weight excluding hydrogens is 443 g/mol. The molecule has 0 bridgehead atoms. The Hall–Kier alpha value is -3.03. The fourth-order valence-corrected chi connectivity index (χ4v) is 5.24. The van der Waals surface area contributed by atoms with Gasteiger partial charge < -0.3 is 14.5 Å². The molecule has 1 saturated heterocycles. The van der Waals surface area contributed by atoms with Crippen LogP contribution in [0.5, 0.6) is 11.5 Å². The number of piperazine rings is 1. The molecule has 2 fully saturated rings. The van der Waals surface area contributed by atoms with Gasteiger partial charge >= 0.3 is 6.18 Å². The number of benzene rings is 2. The van der Waals surface area contributed by atoms with Gasteiger partial charge in [0.1, 0.15) is 17.3 Å². The molecule has 5 nitrogen and oxygen atoms in total. The van der Waals surface area contributed by atoms with Crippen molar-refractivity contribution in [3.63, 3.8) is 0 Å². The minimum Gasteiger partial charge on any atom is -0.454 e. The molecule has 0 N–H and O–H groups in total. The van der Waals surface area contributed by atoms with Crippen molar-refractivity contribution >= 4 is 17.4 Å². The number of para-hydroxylation sites is 1. The average molecular weight is 472 g/mol. The first-order valence-electron chi connectivity index (χ1n) is 11.9. The summed E-state index contributed by atoms with van der Waals surface area (Å²) >= 11 is 0. The van der Waals surface area contributed by atoms with Crippen molar-refractivity contribution in [1.82, 2.24) is 9.80 Å². The number of rotatable bonds is 2. The molecular formula is C26H28F3N3O2. The van der Waals surface area contributed by atoms with E-state index in [2.05, 4.69) is 4.90 Å². The molecule has 1 amide bonds. The standard InChI is InChI=1S/C26H28F3N3O2/c1-17-16-31(12-13-32(17)24(33)14-18-6-2-3-7-18)25-20-8-4-5-9-22(20)34-23-15-19(26(27,28)29)10-11-21(23)30-25/h4-5,8-11,15,17-18H,2-3,6-7,12-14,16H2,1H3. The summed E-state index contributed by atoms with van der Waals surface area (Å²) in [7, 11) is 0. The molecule has 3 aliphatic rings. The molecule has 2 aliphatic heterocycles. The molecule has 1 atom stereocenters. The number of amidine groups is 1. The van der Waals surface area contributed by atoms with Gasteiger partial charge in [-0.2, -0.15) is 13.2 Å². The van der Waals surface area contributed by atoms with Gasteiger partial charge in [0, 0.05) is 32.1 Å². The molecule has 0 aromatic heterocycles. The van der Waals surface area contributed by atoms with Gasteiger partial charge in [-0.05, 0) is 56.0 Å². The quantitative estimate of drug-likeness (QED) is 0.540. The Balaban J connectivity index is 1.41. The second-order valence-electron chi connectivity index (χ2n) is 9.45. The van der Waals surface area contributed by atoms with Crippen molar-refractivity contribution in [1.29, 1.82) is 0 Å². The summed E-state index contributed by atoms with van der Waals surface area (Å²) in [5.74, 6) is 1.92. The molecule has 0 radical (unpaired) electrons. The zero-order valence-corrected chi connectivity index (χ0v) is 19.1. The molecule has 8 heteroatoms. The third-order valence-electron chi connectivity index (χ3n) is 7.05. The van der Waals surface area contributed by atoms with Crippen LogP contribution >= 0.6 is 0 Å². The highest BCUT2D eigenvalue weighted by Gasteiger charge is 2.34. The number of amides is 1. The maximum atomic E-state index is 13.3. The van der Waals surface area contributed by atoms with E-state index in [9.17, 15) is 18.0 Å². The maximum Gasteiger partial charge on any atom is 0.416 e. The fraction of sp³-hybridized carbons (Fsp3) is 0.462. The van der Waals surface area contributed by atoms with Crippen LogP contribution < -0.4 is 4.74 Å². The minimum atomic E-state index is -4.46. The number of aliphatic imine (C=N–C) groups is 1. The van der Waals surface area contributed by atoms with Crippen LogP contribution in [-0.2, 0) is 11.0 Å². The molecule has 2 heterocycles. The zero-order chi connectivity index (χ0) is 23.9. The Morgan fingerprint density at radius 3 is 2.59 bits per heavy atom. The zero-order valence-electron chi connectivity index (χ0n) is 19.1. The summed E-state index contributed by atoms with van der Waals surface area (Å²) in [6, 6.07) is 10.7. The van der Waals surface area contributed by atoms with Crippen LogP contribution in [0.15, 0.2) is 47.5 Å². The van der Waals surface area contributed by atoms with Crippen LogP contribution in [0.25, 0.3) is 0 Å². The predicted molar refractivity (Wildman–Crippen MR) is 123 cm³/mol. The highest BCUT2D eigenvalue weighted by atomic mass is 19.4. The lowest BCUT2D eigenvalue weighted by Crippen LogP contribution is -2.55. The lowest BCUT2D eigenvalue weighted by molar-refractivity contribution is -0.138. The van der Waals surface area contributed by atoms with E-state index in [4.69, 9.17) is 9.73 Å². The first kappa shape index (κ1) is 22.7. The minimum absolute atomic E-state index is 0.00811. The third kappa shape index (κ3) is 4.50. The first-order chi connectivity index (χ1) is 16.3. The monoisotopic (exact) mass is 471 g/mol. The number of carbonyl (C=O) groups excluding carboxylic acids is 1. The summed E-state index contributed by atoms with van der Waals surface area (Å²) in [5, 5.41) is 0. The third-order valence-corrected chi connectivity index (χ3v) is 7.05. The van der Waals surface area contributed by atoms with Gasteiger partial charge in [-0.1, -0.05) is 25.0 Å². The van der Waals surface area contributed by atoms with Gasteiger partial charge in [0.25, 0.3) is 0 Å². The van der Waals surface area contributed by atoms with Crippen LogP contribution in [0.1, 0.15) is 50.2 Å². The molecule has 34 heavy (non-hydrogen) atoms. The van der Waals surface area contributed by atoms with E-state index in [0.29, 0.717) is 49.2 Å². The van der Waals surface area contributed by atoms with Crippen molar-refractivity contribution in [2.45, 2.75) is 51.2 Å². The number of ether oxygens (including phenoxy) is 1. The number of alkyl halides is 3. The lowest BCUT2D eigenvalue weighted by atomic mass is 10.0. The maximum absolute atomic E-state index is 13.3. The van der Waals surface area contributed by atoms with E-state index in [0.717, 1.165) is 30.5 Å². The Kier molecular flexibility index (Phi) is 6.00. The van der Waals surface area contributed by atoms with Gasteiger partial charge in [0.2, 0.25) is 5.91 Å². The number of carbonyl (C=O) groups is 1. The molecule has 1 saturated carbocycles. The molecule has 1 unspecified atom stereocenters. The number of hydrogen-bond donors (Lipinski definition) is 0. The summed E-state index contributed by atoms with van der Waals surface area (Å²) in [4.78, 5) is 21.8. The van der Waals surface area contributed by atoms with Crippen LogP contribution in [0.3, 0.4) is 0 Å². The van der Waals surface area contributed by atoms with Gasteiger partial charge in [-0.3, -0.25) is 4.79 Å². The van der Waals surface area contributed by atoms with Gasteiger partial charge in [-0.15, -0.1) is 0 Å². The molecule has 2 aromatic rings. The van der Waals surface area contributed by atoms with Crippen molar-refractivity contribution in [2.75, 3.05) is 19.6 Å². The normalized spacial score (nSPS) is 20.8. The van der Waals surface area contributed by atoms with Crippen LogP contribution in [0, 0.1) is 5.92 Å². The highest BCUT2D eigenvalue weighted by Crippen LogP contribution is 2.42. The largest absolute Gasteiger partial charge is 0.454 e. The van der Waals surface area contributed by atoms with E-state index >= 15 is 0 Å². The van der Waals surface area contributed by atoms with E-state index in [1.807, 2.05) is 24.0 Å². The molecule has 0 spiro atoms. The average Bonchev–Trinajstić information content (AvgIpc) is 3.24. The Morgan fingerprint density at radius 1 is 1.09 bits per heavy atom. The van der Waals surface area contributed by atoms with Crippen molar-refractivity contribution in [3.05, 3.63) is 53.6 Å². The second-order valence-corrected chi connectivity index (χ2v) is 9.45. The Morgan fingerprint density at radius 2 is 1.85 bits per heavy atom. The molecule has 180 valence electrons. The Bertz CT molecular complexity index is 1110. The smallest absolute Gasteiger partial charge is 0.416 e. The van der Waals surface area contributed by atoms with Crippen LogP contribution in [0.2, 0.25) is 0 Å². The van der Waals surface area contributed by atoms with E-state index in [1.165, 1.54) is 18.9 Å². The fourth-order valence-electron chi connectivity index (χ4n) is 5.24. The predicted octanol–water partition coefficient (Wildman–Crippen LogP) is 6.00. The van der Waals surface area contributed by atoms with Crippen LogP contribution in [-0.4, -0.2) is 47.2 Å². The van der Waals surface area contributed by atoms with E-state index in [1.54, 1.807) is 12.1 Å². The Labute approximate surface area is 197 Å². The molecule has 1 aliphatic carbocycles. The van der Waals surface area contributed by atoms with Crippen LogP contribution in [0.4, 0.5) is 18.9 Å². The van der Waals surface area contributed by atoms with Gasteiger partial charge in [0.15, 0.2) is 5.75 Å². The summed E-state index contributed by atoms with van der Waals surface area (Å²) in [6.07, 6.45) is 0.875. The highest BCUT2D eigenvalue weighted by molar-refractivity contribution is 6.04. The van der Waals surface area contributed by atoms with Gasteiger partial charge in [0.05, 0.1) is 11.1 Å². The topological polar surface area (TPSA) is 45.1 Å². The van der Waals surface area contributed by atoms with Crippen molar-refractivity contribution in [3.8, 4) is 11.5 Å². The van der Waals surface area contributed by atoms with E-state index < -0.39 is 11.7 Å². The number of fused-ring (bicyclic) bond motifs is 2. The number of hydrogen-bond acceptors (Lipinski definition) is 4. The first-order valence-corrected chi connectivity index (χ1v) is 11.9. The second kappa shape index (κ2) is 8.96. The van der Waals surface area contributed by atoms with Crippen molar-refractivity contribution in [2.24, 2.45) is 10.9 Å². The summed E-state index contributed by atoms with van der Waals surface area (Å²) in [5.41, 5.74) is 0.308. The SMILES string of the molecule is CC1CN(C2=Nc3ccc(C(F)(F)F)cc3Oc3ccccc32)CCN1C(=O)CC1CCCC1. The molecule has 2 aromatic carbocycles. The number of halogens is 3. The van der Waals surface area contributed by atoms with Gasteiger partial charge in [-0.25, -0.2) is 4.99 Å².